The van der Waals surface area contributed by atoms with E-state index in [9.17, 15) is 4.79 Å². The van der Waals surface area contributed by atoms with Gasteiger partial charge in [0.1, 0.15) is 17.1 Å². The van der Waals surface area contributed by atoms with Gasteiger partial charge in [-0.2, -0.15) is 0 Å². The van der Waals surface area contributed by atoms with Crippen molar-refractivity contribution in [3.8, 4) is 11.5 Å². The minimum atomic E-state index is -1.29. The van der Waals surface area contributed by atoms with E-state index in [0.717, 1.165) is 12.1 Å². The molecule has 0 unspecified atom stereocenters. The fourth-order valence-electron chi connectivity index (χ4n) is 0.765. The second-order valence-electron chi connectivity index (χ2n) is 2.23. The molecule has 0 atom stereocenters. The van der Waals surface area contributed by atoms with Gasteiger partial charge in [-0.25, -0.2) is 4.79 Å². The Morgan fingerprint density at radius 3 is 2.00 bits per heavy atom. The first-order chi connectivity index (χ1) is 5.52. The third-order valence-corrected chi connectivity index (χ3v) is 1.38. The number of hydrogen-bond donors (Lipinski definition) is 4. The summed E-state index contributed by atoms with van der Waals surface area (Å²) in [6.45, 7) is 0. The highest BCUT2D eigenvalue weighted by molar-refractivity contribution is 5.92. The lowest BCUT2D eigenvalue weighted by Gasteiger charge is -2.02. The number of carboxylic acids is 1. The Kier molecular flexibility index (Phi) is 8.48. The standard InChI is InChI=1S/C7H7NO4.ClH.2H2O/c8-4-1-3(7(11)12)5(9)2-6(4)10;;;/h1-2,9-10H,8H2,(H,11,12);1H;2*1H2. The third-order valence-electron chi connectivity index (χ3n) is 1.38. The molecule has 15 heavy (non-hydrogen) atoms. The zero-order chi connectivity index (χ0) is 9.30. The molecule has 0 aromatic heterocycles. The van der Waals surface area contributed by atoms with Crippen molar-refractivity contribution in [1.29, 1.82) is 0 Å². The summed E-state index contributed by atoms with van der Waals surface area (Å²) in [5.41, 5.74) is 4.80. The van der Waals surface area contributed by atoms with Crippen LogP contribution < -0.4 is 5.73 Å². The highest BCUT2D eigenvalue weighted by Gasteiger charge is 2.11. The maximum absolute atomic E-state index is 10.4. The summed E-state index contributed by atoms with van der Waals surface area (Å²) in [5.74, 6) is -2.13. The molecule has 1 aromatic carbocycles. The number of carbonyl (C=O) groups is 1. The van der Waals surface area contributed by atoms with Gasteiger partial charge in [0.25, 0.3) is 0 Å². The molecular weight excluding hydrogens is 230 g/mol. The van der Waals surface area contributed by atoms with Crippen LogP contribution in [0.4, 0.5) is 5.69 Å². The van der Waals surface area contributed by atoms with Crippen LogP contribution in [0.2, 0.25) is 0 Å². The summed E-state index contributed by atoms with van der Waals surface area (Å²) in [5, 5.41) is 26.4. The van der Waals surface area contributed by atoms with Gasteiger partial charge in [0, 0.05) is 6.07 Å². The van der Waals surface area contributed by atoms with Crippen LogP contribution in [0.25, 0.3) is 0 Å². The SMILES string of the molecule is Cl.Nc1cc(C(=O)O)c(O)cc1O.O.O. The van der Waals surface area contributed by atoms with E-state index in [2.05, 4.69) is 0 Å². The Bertz CT molecular complexity index is 342. The van der Waals surface area contributed by atoms with Gasteiger partial charge in [-0.3, -0.25) is 0 Å². The number of halogens is 1. The molecule has 0 bridgehead atoms. The quantitative estimate of drug-likeness (QED) is 0.285. The maximum Gasteiger partial charge on any atom is 0.339 e. The minimum Gasteiger partial charge on any atom is -0.507 e. The molecule has 0 amide bonds. The Labute approximate surface area is 90.8 Å². The number of benzene rings is 1. The number of phenols is 2. The first-order valence-electron chi connectivity index (χ1n) is 3.07. The number of carboxylic acid groups (broad SMARTS) is 1. The maximum atomic E-state index is 10.4. The van der Waals surface area contributed by atoms with E-state index < -0.39 is 11.7 Å². The van der Waals surface area contributed by atoms with Crippen molar-refractivity contribution >= 4 is 24.1 Å². The second-order valence-corrected chi connectivity index (χ2v) is 2.23. The number of rotatable bonds is 1. The Morgan fingerprint density at radius 1 is 1.13 bits per heavy atom. The topological polar surface area (TPSA) is 167 Å². The monoisotopic (exact) mass is 241 g/mol. The summed E-state index contributed by atoms with van der Waals surface area (Å²) in [7, 11) is 0. The molecule has 1 aromatic rings. The van der Waals surface area contributed by atoms with E-state index in [1.165, 1.54) is 0 Å². The lowest BCUT2D eigenvalue weighted by molar-refractivity contribution is 0.0694. The molecule has 1 rings (SSSR count). The lowest BCUT2D eigenvalue weighted by atomic mass is 10.1. The fourth-order valence-corrected chi connectivity index (χ4v) is 0.765. The van der Waals surface area contributed by atoms with Crippen molar-refractivity contribution in [2.24, 2.45) is 0 Å². The number of aromatic hydroxyl groups is 2. The normalized spacial score (nSPS) is 7.73. The van der Waals surface area contributed by atoms with Crippen molar-refractivity contribution in [3.05, 3.63) is 17.7 Å². The molecule has 0 aliphatic rings. The average Bonchev–Trinajstić information content (AvgIpc) is 1.96. The molecule has 7 nitrogen and oxygen atoms in total. The highest BCUT2D eigenvalue weighted by Crippen LogP contribution is 2.28. The van der Waals surface area contributed by atoms with Gasteiger partial charge in [-0.05, 0) is 6.07 Å². The molecule has 0 fully saturated rings. The Balaban J connectivity index is -0.000000480. The van der Waals surface area contributed by atoms with Crippen LogP contribution in [-0.4, -0.2) is 32.2 Å². The number of nitrogens with two attached hydrogens (primary N) is 1. The van der Waals surface area contributed by atoms with Crippen LogP contribution in [0, 0.1) is 0 Å². The molecular formula is C7H12ClNO6. The van der Waals surface area contributed by atoms with Gasteiger partial charge in [0.05, 0.1) is 5.69 Å². The first-order valence-corrected chi connectivity index (χ1v) is 3.07. The molecule has 0 heterocycles. The molecule has 88 valence electrons. The van der Waals surface area contributed by atoms with Gasteiger partial charge in [-0.1, -0.05) is 0 Å². The van der Waals surface area contributed by atoms with Gasteiger partial charge in [0.15, 0.2) is 0 Å². The predicted octanol–water partition coefficient (Wildman–Crippen LogP) is -0.849. The zero-order valence-corrected chi connectivity index (χ0v) is 8.21. The number of hydrogen-bond acceptors (Lipinski definition) is 4. The van der Waals surface area contributed by atoms with Crippen molar-refractivity contribution in [2.75, 3.05) is 5.73 Å². The van der Waals surface area contributed by atoms with Crippen molar-refractivity contribution in [3.63, 3.8) is 0 Å². The van der Waals surface area contributed by atoms with Crippen molar-refractivity contribution < 1.29 is 31.1 Å². The van der Waals surface area contributed by atoms with Crippen molar-refractivity contribution in [1.82, 2.24) is 0 Å². The molecule has 0 radical (unpaired) electrons. The average molecular weight is 242 g/mol. The van der Waals surface area contributed by atoms with Crippen LogP contribution in [-0.2, 0) is 0 Å². The van der Waals surface area contributed by atoms with E-state index in [4.69, 9.17) is 21.1 Å². The second kappa shape index (κ2) is 6.71. The number of aromatic carboxylic acids is 1. The van der Waals surface area contributed by atoms with Crippen molar-refractivity contribution in [2.45, 2.75) is 0 Å². The smallest absolute Gasteiger partial charge is 0.339 e. The molecule has 8 heteroatoms. The van der Waals surface area contributed by atoms with Crippen LogP contribution in [0.1, 0.15) is 10.4 Å². The lowest BCUT2D eigenvalue weighted by Crippen LogP contribution is -1.98. The largest absolute Gasteiger partial charge is 0.507 e. The fraction of sp³-hybridized carbons (Fsp3) is 0. The summed E-state index contributed by atoms with van der Waals surface area (Å²) < 4.78 is 0. The number of anilines is 1. The van der Waals surface area contributed by atoms with Gasteiger partial charge in [0.2, 0.25) is 0 Å². The van der Waals surface area contributed by atoms with Crippen LogP contribution in [0.15, 0.2) is 12.1 Å². The van der Waals surface area contributed by atoms with Crippen LogP contribution in [0.5, 0.6) is 11.5 Å². The molecule has 0 aliphatic heterocycles. The van der Waals surface area contributed by atoms with E-state index >= 15 is 0 Å². The molecule has 0 aliphatic carbocycles. The van der Waals surface area contributed by atoms with E-state index in [1.54, 1.807) is 0 Å². The van der Waals surface area contributed by atoms with E-state index in [-0.39, 0.29) is 40.4 Å². The summed E-state index contributed by atoms with van der Waals surface area (Å²) in [6.07, 6.45) is 0. The van der Waals surface area contributed by atoms with Crippen LogP contribution >= 0.6 is 12.4 Å². The molecule has 9 N–H and O–H groups in total. The zero-order valence-electron chi connectivity index (χ0n) is 7.39. The Morgan fingerprint density at radius 2 is 1.60 bits per heavy atom. The number of phenolic OH excluding ortho intramolecular Hbond substituents is 1. The molecule has 0 saturated carbocycles. The van der Waals surface area contributed by atoms with Gasteiger partial charge >= 0.3 is 5.97 Å². The van der Waals surface area contributed by atoms with Gasteiger partial charge in [-0.15, -0.1) is 12.4 Å². The summed E-state index contributed by atoms with van der Waals surface area (Å²) >= 11 is 0. The number of nitrogen functional groups attached to an aromatic ring is 1. The first kappa shape index (κ1) is 19.0. The van der Waals surface area contributed by atoms with Gasteiger partial charge < -0.3 is 32.0 Å². The third kappa shape index (κ3) is 3.90. The summed E-state index contributed by atoms with van der Waals surface area (Å²) in [6, 6.07) is 1.88. The van der Waals surface area contributed by atoms with E-state index in [0.29, 0.717) is 0 Å². The highest BCUT2D eigenvalue weighted by atomic mass is 35.5. The van der Waals surface area contributed by atoms with E-state index in [1.807, 2.05) is 0 Å². The van der Waals surface area contributed by atoms with Crippen LogP contribution in [0.3, 0.4) is 0 Å². The minimum absolute atomic E-state index is 0. The summed E-state index contributed by atoms with van der Waals surface area (Å²) in [4.78, 5) is 10.4. The molecule has 0 saturated heterocycles. The molecule has 0 spiro atoms. The Hall–Kier alpha value is -1.70. The predicted molar refractivity (Wildman–Crippen MR) is 55.6 cm³/mol.